The molecule has 2 rings (SSSR count). The Bertz CT molecular complexity index is 533. The molecule has 18 heavy (non-hydrogen) atoms. The Balaban J connectivity index is 2.04. The van der Waals surface area contributed by atoms with Gasteiger partial charge in [0.05, 0.1) is 12.1 Å². The van der Waals surface area contributed by atoms with E-state index >= 15 is 0 Å². The third-order valence-electron chi connectivity index (χ3n) is 2.59. The van der Waals surface area contributed by atoms with Crippen LogP contribution in [0.2, 0.25) is 5.02 Å². The van der Waals surface area contributed by atoms with Crippen molar-refractivity contribution in [3.63, 3.8) is 0 Å². The minimum atomic E-state index is -0.0203. The molecule has 0 bridgehead atoms. The predicted molar refractivity (Wildman–Crippen MR) is 70.8 cm³/mol. The van der Waals surface area contributed by atoms with Crippen molar-refractivity contribution in [2.45, 2.75) is 12.8 Å². The zero-order valence-electron chi connectivity index (χ0n) is 9.84. The van der Waals surface area contributed by atoms with Gasteiger partial charge in [0, 0.05) is 17.6 Å². The fourth-order valence-electron chi connectivity index (χ4n) is 1.65. The smallest absolute Gasteiger partial charge is 0.236 e. The van der Waals surface area contributed by atoms with Gasteiger partial charge in [0.25, 0.3) is 0 Å². The van der Waals surface area contributed by atoms with Gasteiger partial charge in [0.1, 0.15) is 6.33 Å². The molecule has 2 N–H and O–H groups in total. The number of carbonyl (C=O) groups is 1. The van der Waals surface area contributed by atoms with Crippen LogP contribution < -0.4 is 5.73 Å². The van der Waals surface area contributed by atoms with E-state index in [0.717, 1.165) is 11.3 Å². The van der Waals surface area contributed by atoms with E-state index in [-0.39, 0.29) is 5.91 Å². The van der Waals surface area contributed by atoms with Gasteiger partial charge in [-0.3, -0.25) is 9.36 Å². The normalized spacial score (nSPS) is 10.6. The van der Waals surface area contributed by atoms with Crippen LogP contribution in [0.25, 0.3) is 0 Å². The molecule has 0 saturated carbocycles. The molecule has 0 unspecified atom stereocenters. The minimum Gasteiger partial charge on any atom is -0.330 e. The van der Waals surface area contributed by atoms with Crippen LogP contribution in [0.3, 0.4) is 0 Å². The summed E-state index contributed by atoms with van der Waals surface area (Å²) in [6.07, 6.45) is 4.27. The number of nitrogens with two attached hydrogens (primary N) is 1. The zero-order valence-corrected chi connectivity index (χ0v) is 10.6. The summed E-state index contributed by atoms with van der Waals surface area (Å²) >= 11 is 5.79. The van der Waals surface area contributed by atoms with Crippen molar-refractivity contribution in [1.29, 1.82) is 0 Å². The fraction of sp³-hybridized carbons (Fsp3) is 0.231. The van der Waals surface area contributed by atoms with E-state index in [1.807, 2.05) is 12.1 Å². The highest BCUT2D eigenvalue weighted by atomic mass is 35.5. The van der Waals surface area contributed by atoms with Crippen LogP contribution in [-0.4, -0.2) is 22.0 Å². The van der Waals surface area contributed by atoms with Gasteiger partial charge < -0.3 is 5.73 Å². The number of imidazole rings is 1. The Hall–Kier alpha value is -1.65. The maximum absolute atomic E-state index is 12.0. The number of hydrogen-bond donors (Lipinski definition) is 1. The van der Waals surface area contributed by atoms with E-state index in [0.29, 0.717) is 24.4 Å². The number of hydrogen-bond acceptors (Lipinski definition) is 3. The van der Waals surface area contributed by atoms with Crippen LogP contribution in [0.5, 0.6) is 0 Å². The van der Waals surface area contributed by atoms with Gasteiger partial charge in [0.2, 0.25) is 5.91 Å². The molecule has 1 aromatic carbocycles. The van der Waals surface area contributed by atoms with Crippen molar-refractivity contribution in [3.05, 3.63) is 53.1 Å². The summed E-state index contributed by atoms with van der Waals surface area (Å²) in [6, 6.07) is 7.24. The molecule has 1 aromatic heterocycles. The first-order valence-corrected chi connectivity index (χ1v) is 6.07. The second-order valence-corrected chi connectivity index (χ2v) is 4.44. The van der Waals surface area contributed by atoms with Crippen molar-refractivity contribution < 1.29 is 4.79 Å². The third-order valence-corrected chi connectivity index (χ3v) is 2.85. The standard InChI is InChI=1S/C13H14ClN3O/c14-11-3-1-10(2-4-11)7-13(18)17-8-12(5-6-15)16-9-17/h1-4,8-9H,5-7,15H2. The topological polar surface area (TPSA) is 60.9 Å². The largest absolute Gasteiger partial charge is 0.330 e. The van der Waals surface area contributed by atoms with Crippen molar-refractivity contribution in [3.8, 4) is 0 Å². The number of benzene rings is 1. The molecule has 2 aromatic rings. The molecular formula is C13H14ClN3O. The number of carbonyl (C=O) groups excluding carboxylic acids is 1. The molecule has 0 atom stereocenters. The van der Waals surface area contributed by atoms with E-state index in [2.05, 4.69) is 4.98 Å². The van der Waals surface area contributed by atoms with Gasteiger partial charge in [-0.05, 0) is 24.2 Å². The molecule has 0 spiro atoms. The highest BCUT2D eigenvalue weighted by Gasteiger charge is 2.07. The first-order chi connectivity index (χ1) is 8.69. The Labute approximate surface area is 110 Å². The number of rotatable bonds is 4. The first-order valence-electron chi connectivity index (χ1n) is 5.69. The molecule has 0 saturated heterocycles. The SMILES string of the molecule is NCCc1cn(C(=O)Cc2ccc(Cl)cc2)cn1. The monoisotopic (exact) mass is 263 g/mol. The molecule has 0 aliphatic heterocycles. The molecule has 5 heteroatoms. The zero-order chi connectivity index (χ0) is 13.0. The third kappa shape index (κ3) is 3.18. The van der Waals surface area contributed by atoms with Crippen molar-refractivity contribution >= 4 is 17.5 Å². The molecule has 0 aliphatic carbocycles. The van der Waals surface area contributed by atoms with Gasteiger partial charge in [-0.15, -0.1) is 0 Å². The summed E-state index contributed by atoms with van der Waals surface area (Å²) in [5, 5.41) is 0.666. The minimum absolute atomic E-state index is 0.0203. The van der Waals surface area contributed by atoms with E-state index in [1.165, 1.54) is 10.9 Å². The molecular weight excluding hydrogens is 250 g/mol. The van der Waals surface area contributed by atoms with Crippen molar-refractivity contribution in [1.82, 2.24) is 9.55 Å². The molecule has 0 amide bonds. The van der Waals surface area contributed by atoms with Crippen LogP contribution in [0, 0.1) is 0 Å². The van der Waals surface area contributed by atoms with Crippen LogP contribution >= 0.6 is 11.6 Å². The van der Waals surface area contributed by atoms with Crippen molar-refractivity contribution in [2.24, 2.45) is 5.73 Å². The number of halogens is 1. The maximum atomic E-state index is 12.0. The summed E-state index contributed by atoms with van der Waals surface area (Å²) in [5.41, 5.74) is 7.20. The quantitative estimate of drug-likeness (QED) is 0.917. The second kappa shape index (κ2) is 5.80. The fourth-order valence-corrected chi connectivity index (χ4v) is 1.77. The molecule has 0 radical (unpaired) electrons. The van der Waals surface area contributed by atoms with Gasteiger partial charge in [-0.25, -0.2) is 4.98 Å². The molecule has 0 aliphatic rings. The molecule has 0 fully saturated rings. The molecule has 4 nitrogen and oxygen atoms in total. The summed E-state index contributed by atoms with van der Waals surface area (Å²) < 4.78 is 1.50. The molecule has 1 heterocycles. The Morgan fingerprint density at radius 1 is 1.33 bits per heavy atom. The highest BCUT2D eigenvalue weighted by Crippen LogP contribution is 2.10. The summed E-state index contributed by atoms with van der Waals surface area (Å²) in [4.78, 5) is 16.1. The summed E-state index contributed by atoms with van der Waals surface area (Å²) in [7, 11) is 0. The number of aromatic nitrogens is 2. The summed E-state index contributed by atoms with van der Waals surface area (Å²) in [5.74, 6) is -0.0203. The first kappa shape index (κ1) is 12.8. The molecule has 94 valence electrons. The summed E-state index contributed by atoms with van der Waals surface area (Å²) in [6.45, 7) is 0.530. The average molecular weight is 264 g/mol. The second-order valence-electron chi connectivity index (χ2n) is 4.01. The van der Waals surface area contributed by atoms with Gasteiger partial charge in [-0.1, -0.05) is 23.7 Å². The maximum Gasteiger partial charge on any atom is 0.236 e. The Morgan fingerprint density at radius 3 is 2.72 bits per heavy atom. The van der Waals surface area contributed by atoms with Crippen LogP contribution in [0.4, 0.5) is 0 Å². The van der Waals surface area contributed by atoms with Gasteiger partial charge in [-0.2, -0.15) is 0 Å². The highest BCUT2D eigenvalue weighted by molar-refractivity contribution is 6.30. The van der Waals surface area contributed by atoms with Gasteiger partial charge in [0.15, 0.2) is 0 Å². The lowest BCUT2D eigenvalue weighted by molar-refractivity contribution is 0.0914. The lowest BCUT2D eigenvalue weighted by Gasteiger charge is -2.01. The predicted octanol–water partition coefficient (Wildman–Crippen LogP) is 1.92. The Morgan fingerprint density at radius 2 is 2.06 bits per heavy atom. The van der Waals surface area contributed by atoms with E-state index in [1.54, 1.807) is 18.3 Å². The average Bonchev–Trinajstić information content (AvgIpc) is 2.81. The van der Waals surface area contributed by atoms with Crippen LogP contribution in [0.15, 0.2) is 36.8 Å². The van der Waals surface area contributed by atoms with E-state index < -0.39 is 0 Å². The Kier molecular flexibility index (Phi) is 4.12. The number of nitrogens with zero attached hydrogens (tertiary/aromatic N) is 2. The van der Waals surface area contributed by atoms with E-state index in [4.69, 9.17) is 17.3 Å². The lowest BCUT2D eigenvalue weighted by Crippen LogP contribution is -2.11. The van der Waals surface area contributed by atoms with Crippen LogP contribution in [-0.2, 0) is 12.8 Å². The van der Waals surface area contributed by atoms with Crippen molar-refractivity contribution in [2.75, 3.05) is 6.54 Å². The van der Waals surface area contributed by atoms with E-state index in [9.17, 15) is 4.79 Å². The van der Waals surface area contributed by atoms with Crippen LogP contribution in [0.1, 0.15) is 16.1 Å². The van der Waals surface area contributed by atoms with Gasteiger partial charge >= 0.3 is 0 Å². The lowest BCUT2D eigenvalue weighted by atomic mass is 10.1.